The van der Waals surface area contributed by atoms with Crippen LogP contribution in [0.3, 0.4) is 0 Å². The van der Waals surface area contributed by atoms with E-state index in [1.807, 2.05) is 13.8 Å². The van der Waals surface area contributed by atoms with Gasteiger partial charge in [0.1, 0.15) is 18.3 Å². The zero-order valence-corrected chi connectivity index (χ0v) is 16.7. The molecule has 0 amide bonds. The second kappa shape index (κ2) is 6.37. The molecule has 4 aliphatic heterocycles. The highest BCUT2D eigenvalue weighted by Crippen LogP contribution is 2.48. The molecule has 6 rings (SSSR count). The van der Waals surface area contributed by atoms with Gasteiger partial charge in [0, 0.05) is 5.92 Å². The largest absolute Gasteiger partial charge is 0.372 e. The summed E-state index contributed by atoms with van der Waals surface area (Å²) in [7, 11) is 0. The van der Waals surface area contributed by atoms with Gasteiger partial charge in [-0.05, 0) is 42.7 Å². The molecule has 152 valence electrons. The van der Waals surface area contributed by atoms with Gasteiger partial charge in [0.15, 0.2) is 12.1 Å². The Morgan fingerprint density at radius 2 is 1.72 bits per heavy atom. The van der Waals surface area contributed by atoms with E-state index in [2.05, 4.69) is 49.0 Å². The second-order valence-electron chi connectivity index (χ2n) is 9.03. The van der Waals surface area contributed by atoms with Crippen LogP contribution in [0, 0.1) is 5.92 Å². The van der Waals surface area contributed by atoms with Crippen molar-refractivity contribution in [1.82, 2.24) is 0 Å². The Morgan fingerprint density at radius 3 is 2.59 bits per heavy atom. The number of hydrogen-bond acceptors (Lipinski definition) is 5. The van der Waals surface area contributed by atoms with E-state index in [1.54, 1.807) is 0 Å². The van der Waals surface area contributed by atoms with Gasteiger partial charge in [0.05, 0.1) is 18.8 Å². The number of ether oxygens (including phenoxy) is 5. The predicted octanol–water partition coefficient (Wildman–Crippen LogP) is 4.12. The third-order valence-electron chi connectivity index (χ3n) is 6.65. The molecule has 4 fully saturated rings. The summed E-state index contributed by atoms with van der Waals surface area (Å²) in [5.41, 5.74) is 2.35. The van der Waals surface area contributed by atoms with E-state index in [0.717, 1.165) is 6.42 Å². The van der Waals surface area contributed by atoms with Gasteiger partial charge in [-0.1, -0.05) is 48.6 Å². The lowest BCUT2D eigenvalue weighted by molar-refractivity contribution is -0.260. The molecule has 0 aliphatic carbocycles. The summed E-state index contributed by atoms with van der Waals surface area (Å²) in [6, 6.07) is 15.0. The number of benzene rings is 2. The quantitative estimate of drug-likeness (QED) is 0.681. The Hall–Kier alpha value is -1.76. The number of rotatable bonds is 1. The van der Waals surface area contributed by atoms with Crippen LogP contribution in [0.5, 0.6) is 0 Å². The standard InChI is InChI=1S/C24H26O5/c1-13-10-18(16-9-8-14-6-4-5-7-15(14)11-16)26-19-17(13)12-25-20-21(19)27-23-22(20)28-24(2,3)29-23/h4-9,11,17-23H,1,10,12H2,2-3H3/t17-,18+,19-,20-,21+,22+,23+/m0/s1. The number of fused-ring (bicyclic) bond motifs is 6. The summed E-state index contributed by atoms with van der Waals surface area (Å²) < 4.78 is 31.1. The van der Waals surface area contributed by atoms with Crippen molar-refractivity contribution in [3.63, 3.8) is 0 Å². The van der Waals surface area contributed by atoms with Gasteiger partial charge in [0.2, 0.25) is 0 Å². The molecule has 0 unspecified atom stereocenters. The molecule has 0 radical (unpaired) electrons. The molecule has 0 N–H and O–H groups in total. The summed E-state index contributed by atoms with van der Waals surface area (Å²) in [5, 5.41) is 2.46. The lowest BCUT2D eigenvalue weighted by Gasteiger charge is -2.46. The van der Waals surface area contributed by atoms with Crippen molar-refractivity contribution in [3.05, 3.63) is 60.2 Å². The van der Waals surface area contributed by atoms with E-state index in [-0.39, 0.29) is 36.4 Å². The molecule has 4 aliphatic rings. The van der Waals surface area contributed by atoms with Crippen LogP contribution in [0.25, 0.3) is 10.8 Å². The fourth-order valence-electron chi connectivity index (χ4n) is 5.25. The average molecular weight is 394 g/mol. The first-order valence-electron chi connectivity index (χ1n) is 10.4. The topological polar surface area (TPSA) is 46.2 Å². The van der Waals surface area contributed by atoms with Crippen LogP contribution in [0.4, 0.5) is 0 Å². The lowest BCUT2D eigenvalue weighted by Crippen LogP contribution is -2.55. The maximum atomic E-state index is 6.65. The Labute approximate surface area is 170 Å². The number of hydrogen-bond donors (Lipinski definition) is 0. The van der Waals surface area contributed by atoms with E-state index in [4.69, 9.17) is 23.7 Å². The predicted molar refractivity (Wildman–Crippen MR) is 107 cm³/mol. The van der Waals surface area contributed by atoms with Crippen molar-refractivity contribution < 1.29 is 23.7 Å². The minimum Gasteiger partial charge on any atom is -0.372 e. The van der Waals surface area contributed by atoms with Crippen LogP contribution >= 0.6 is 0 Å². The van der Waals surface area contributed by atoms with E-state index in [1.165, 1.54) is 21.9 Å². The van der Waals surface area contributed by atoms with Crippen LogP contribution in [-0.4, -0.2) is 43.1 Å². The van der Waals surface area contributed by atoms with E-state index < -0.39 is 12.1 Å². The summed E-state index contributed by atoms with van der Waals surface area (Å²) in [6.45, 7) is 8.77. The third kappa shape index (κ3) is 2.87. The maximum absolute atomic E-state index is 6.65. The Balaban J connectivity index is 1.28. The molecule has 5 nitrogen and oxygen atoms in total. The molecule has 4 saturated heterocycles. The van der Waals surface area contributed by atoms with Crippen molar-refractivity contribution in [3.8, 4) is 0 Å². The first-order chi connectivity index (χ1) is 14.0. The van der Waals surface area contributed by atoms with Crippen molar-refractivity contribution >= 4 is 10.8 Å². The maximum Gasteiger partial charge on any atom is 0.190 e. The molecule has 0 spiro atoms. The average Bonchev–Trinajstić information content (AvgIpc) is 3.19. The van der Waals surface area contributed by atoms with Gasteiger partial charge in [-0.25, -0.2) is 0 Å². The molecule has 4 heterocycles. The van der Waals surface area contributed by atoms with Gasteiger partial charge in [-0.3, -0.25) is 0 Å². The normalized spacial score (nSPS) is 40.5. The first kappa shape index (κ1) is 18.0. The molecule has 29 heavy (non-hydrogen) atoms. The van der Waals surface area contributed by atoms with Gasteiger partial charge in [-0.15, -0.1) is 0 Å². The van der Waals surface area contributed by atoms with Gasteiger partial charge < -0.3 is 23.7 Å². The Kier molecular flexibility index (Phi) is 3.96. The van der Waals surface area contributed by atoms with Crippen molar-refractivity contribution in [2.45, 2.75) is 62.9 Å². The molecular weight excluding hydrogens is 368 g/mol. The SMILES string of the molecule is C=C1C[C@H](c2ccc3ccccc3c2)O[C@@H]2[C@H]3O[C@@H]4OC(C)(C)O[C@@H]4[C@H]3OC[C@@H]12. The smallest absolute Gasteiger partial charge is 0.190 e. The zero-order valence-electron chi connectivity index (χ0n) is 16.7. The minimum absolute atomic E-state index is 0.0329. The molecule has 0 bridgehead atoms. The van der Waals surface area contributed by atoms with Crippen LogP contribution in [0.2, 0.25) is 0 Å². The molecule has 7 atom stereocenters. The molecule has 0 aromatic heterocycles. The molecule has 5 heteroatoms. The minimum atomic E-state index is -0.648. The molecular formula is C24H26O5. The van der Waals surface area contributed by atoms with Crippen molar-refractivity contribution in [1.29, 1.82) is 0 Å². The molecule has 2 aromatic carbocycles. The lowest BCUT2D eigenvalue weighted by atomic mass is 9.80. The Morgan fingerprint density at radius 1 is 0.897 bits per heavy atom. The summed E-state index contributed by atoms with van der Waals surface area (Å²) in [4.78, 5) is 0. The van der Waals surface area contributed by atoms with Crippen LogP contribution in [0.1, 0.15) is 31.9 Å². The summed E-state index contributed by atoms with van der Waals surface area (Å²) in [6.07, 6.45) is -0.342. The van der Waals surface area contributed by atoms with E-state index in [9.17, 15) is 0 Å². The third-order valence-corrected chi connectivity index (χ3v) is 6.65. The molecule has 0 saturated carbocycles. The highest BCUT2D eigenvalue weighted by Gasteiger charge is 2.61. The van der Waals surface area contributed by atoms with Crippen molar-refractivity contribution in [2.24, 2.45) is 5.92 Å². The first-order valence-corrected chi connectivity index (χ1v) is 10.4. The van der Waals surface area contributed by atoms with Crippen LogP contribution in [0.15, 0.2) is 54.6 Å². The second-order valence-corrected chi connectivity index (χ2v) is 9.03. The Bertz CT molecular complexity index is 969. The van der Waals surface area contributed by atoms with E-state index in [0.29, 0.717) is 6.61 Å². The summed E-state index contributed by atoms with van der Waals surface area (Å²) in [5.74, 6) is -0.509. The van der Waals surface area contributed by atoms with E-state index >= 15 is 0 Å². The van der Waals surface area contributed by atoms with Gasteiger partial charge in [-0.2, -0.15) is 0 Å². The van der Waals surface area contributed by atoms with Gasteiger partial charge >= 0.3 is 0 Å². The fraction of sp³-hybridized carbons (Fsp3) is 0.500. The highest BCUT2D eigenvalue weighted by atomic mass is 16.8. The van der Waals surface area contributed by atoms with Crippen LogP contribution < -0.4 is 0 Å². The highest BCUT2D eigenvalue weighted by molar-refractivity contribution is 5.83. The fourth-order valence-corrected chi connectivity index (χ4v) is 5.25. The summed E-state index contributed by atoms with van der Waals surface area (Å²) >= 11 is 0. The van der Waals surface area contributed by atoms with Gasteiger partial charge in [0.25, 0.3) is 0 Å². The zero-order chi connectivity index (χ0) is 19.8. The molecule has 2 aromatic rings. The van der Waals surface area contributed by atoms with Crippen molar-refractivity contribution in [2.75, 3.05) is 6.61 Å². The van der Waals surface area contributed by atoms with Crippen LogP contribution in [-0.2, 0) is 23.7 Å². The monoisotopic (exact) mass is 394 g/mol.